The van der Waals surface area contributed by atoms with Crippen molar-refractivity contribution in [3.8, 4) is 28.1 Å². The van der Waals surface area contributed by atoms with Gasteiger partial charge < -0.3 is 15.2 Å². The number of carboxylic acid groups (broad SMARTS) is 1. The number of carbonyl (C=O) groups is 1. The molecular formula is C23H21FN2O3. The molecule has 29 heavy (non-hydrogen) atoms. The first-order valence-electron chi connectivity index (χ1n) is 9.31. The van der Waals surface area contributed by atoms with Gasteiger partial charge in [0.25, 0.3) is 0 Å². The Bertz CT molecular complexity index is 1120. The van der Waals surface area contributed by atoms with E-state index in [4.69, 9.17) is 4.74 Å². The zero-order chi connectivity index (χ0) is 20.7. The monoisotopic (exact) mass is 392 g/mol. The number of methoxy groups -OCH3 is 1. The van der Waals surface area contributed by atoms with Gasteiger partial charge in [0.2, 0.25) is 5.88 Å². The van der Waals surface area contributed by atoms with Crippen molar-refractivity contribution in [2.24, 2.45) is 0 Å². The molecule has 1 aliphatic rings. The van der Waals surface area contributed by atoms with Gasteiger partial charge in [0.1, 0.15) is 5.82 Å². The molecule has 148 valence electrons. The number of aromatic nitrogens is 1. The van der Waals surface area contributed by atoms with E-state index in [0.29, 0.717) is 12.4 Å². The fraction of sp³-hybridized carbons (Fsp3) is 0.217. The van der Waals surface area contributed by atoms with Crippen molar-refractivity contribution in [2.45, 2.75) is 26.8 Å². The van der Waals surface area contributed by atoms with E-state index in [1.165, 1.54) is 12.1 Å². The molecule has 0 radical (unpaired) electrons. The maximum absolute atomic E-state index is 13.5. The van der Waals surface area contributed by atoms with E-state index >= 15 is 0 Å². The standard InChI is InChI=1S/C23H21FN2O3/c1-12-17(9-20(27)28)21(14-4-6-16(24)7-5-14)13(2)22-18-11-25-19(29-3)8-15(18)10-26-23(12)22/h4-8,11,26H,9-10H2,1-3H3,(H,27,28). The van der Waals surface area contributed by atoms with Gasteiger partial charge in [-0.3, -0.25) is 4.79 Å². The quantitative estimate of drug-likeness (QED) is 0.671. The van der Waals surface area contributed by atoms with Crippen LogP contribution in [0.4, 0.5) is 10.1 Å². The molecule has 3 aromatic rings. The molecule has 2 N–H and O–H groups in total. The first-order valence-corrected chi connectivity index (χ1v) is 9.31. The van der Waals surface area contributed by atoms with E-state index in [1.54, 1.807) is 25.4 Å². The normalized spacial score (nSPS) is 12.0. The van der Waals surface area contributed by atoms with Gasteiger partial charge in [0.15, 0.2) is 0 Å². The van der Waals surface area contributed by atoms with Crippen molar-refractivity contribution in [1.82, 2.24) is 4.98 Å². The third-order valence-electron chi connectivity index (χ3n) is 5.49. The van der Waals surface area contributed by atoms with Gasteiger partial charge in [-0.2, -0.15) is 0 Å². The van der Waals surface area contributed by atoms with Crippen LogP contribution in [-0.2, 0) is 17.8 Å². The Morgan fingerprint density at radius 2 is 1.93 bits per heavy atom. The topological polar surface area (TPSA) is 71.5 Å². The molecule has 2 heterocycles. The lowest BCUT2D eigenvalue weighted by Gasteiger charge is -2.29. The summed E-state index contributed by atoms with van der Waals surface area (Å²) >= 11 is 0. The fourth-order valence-electron chi connectivity index (χ4n) is 4.14. The molecule has 0 saturated heterocycles. The first kappa shape index (κ1) is 18.9. The Balaban J connectivity index is 2.03. The van der Waals surface area contributed by atoms with E-state index in [1.807, 2.05) is 19.9 Å². The van der Waals surface area contributed by atoms with Gasteiger partial charge in [-0.25, -0.2) is 9.37 Å². The number of nitrogens with one attached hydrogen (secondary N) is 1. The summed E-state index contributed by atoms with van der Waals surface area (Å²) in [6.45, 7) is 4.51. The number of fused-ring (bicyclic) bond motifs is 3. The molecule has 5 nitrogen and oxygen atoms in total. The first-order chi connectivity index (χ1) is 13.9. The van der Waals surface area contributed by atoms with Crippen molar-refractivity contribution < 1.29 is 19.0 Å². The van der Waals surface area contributed by atoms with Crippen LogP contribution in [0.5, 0.6) is 5.88 Å². The van der Waals surface area contributed by atoms with E-state index < -0.39 is 5.97 Å². The summed E-state index contributed by atoms with van der Waals surface area (Å²) in [7, 11) is 1.58. The lowest BCUT2D eigenvalue weighted by Crippen LogP contribution is -2.15. The molecule has 0 atom stereocenters. The molecule has 0 unspecified atom stereocenters. The number of benzene rings is 2. The van der Waals surface area contributed by atoms with Crippen molar-refractivity contribution in [3.05, 3.63) is 64.6 Å². The Morgan fingerprint density at radius 3 is 2.59 bits per heavy atom. The van der Waals surface area contributed by atoms with Gasteiger partial charge in [0.05, 0.1) is 13.5 Å². The lowest BCUT2D eigenvalue weighted by atomic mass is 9.81. The Morgan fingerprint density at radius 1 is 1.21 bits per heavy atom. The van der Waals surface area contributed by atoms with E-state index in [2.05, 4.69) is 10.3 Å². The number of hydrogen-bond acceptors (Lipinski definition) is 4. The Labute approximate surface area is 168 Å². The number of aliphatic carboxylic acids is 1. The van der Waals surface area contributed by atoms with Crippen LogP contribution in [0.1, 0.15) is 22.3 Å². The highest BCUT2D eigenvalue weighted by molar-refractivity contribution is 5.95. The molecular weight excluding hydrogens is 371 g/mol. The largest absolute Gasteiger partial charge is 0.481 e. The second-order valence-electron chi connectivity index (χ2n) is 7.17. The van der Waals surface area contributed by atoms with Gasteiger partial charge in [-0.1, -0.05) is 12.1 Å². The van der Waals surface area contributed by atoms with E-state index in [0.717, 1.165) is 50.2 Å². The number of carboxylic acids is 1. The maximum Gasteiger partial charge on any atom is 0.307 e. The van der Waals surface area contributed by atoms with Crippen molar-refractivity contribution in [2.75, 3.05) is 12.4 Å². The van der Waals surface area contributed by atoms with Crippen LogP contribution < -0.4 is 10.1 Å². The number of hydrogen-bond donors (Lipinski definition) is 2. The highest BCUT2D eigenvalue weighted by Crippen LogP contribution is 2.46. The fourth-order valence-corrected chi connectivity index (χ4v) is 4.14. The van der Waals surface area contributed by atoms with Crippen LogP contribution >= 0.6 is 0 Å². The molecule has 0 amide bonds. The zero-order valence-electron chi connectivity index (χ0n) is 16.5. The smallest absolute Gasteiger partial charge is 0.307 e. The summed E-state index contributed by atoms with van der Waals surface area (Å²) in [5.74, 6) is -0.688. The number of nitrogens with zero attached hydrogens (tertiary/aromatic N) is 1. The summed E-state index contributed by atoms with van der Waals surface area (Å²) in [4.78, 5) is 16.0. The summed E-state index contributed by atoms with van der Waals surface area (Å²) in [6, 6.07) is 8.08. The van der Waals surface area contributed by atoms with Crippen LogP contribution in [-0.4, -0.2) is 23.2 Å². The number of anilines is 1. The maximum atomic E-state index is 13.5. The average Bonchev–Trinajstić information content (AvgIpc) is 2.71. The Hall–Kier alpha value is -3.41. The van der Waals surface area contributed by atoms with E-state index in [9.17, 15) is 14.3 Å². The Kier molecular flexibility index (Phi) is 4.70. The molecule has 0 fully saturated rings. The van der Waals surface area contributed by atoms with Crippen LogP contribution in [0.15, 0.2) is 36.5 Å². The van der Waals surface area contributed by atoms with Crippen LogP contribution in [0.2, 0.25) is 0 Å². The number of pyridine rings is 1. The molecule has 0 spiro atoms. The summed E-state index contributed by atoms with van der Waals surface area (Å²) < 4.78 is 18.8. The lowest BCUT2D eigenvalue weighted by molar-refractivity contribution is -0.136. The number of ether oxygens (including phenoxy) is 1. The second-order valence-corrected chi connectivity index (χ2v) is 7.17. The summed E-state index contributed by atoms with van der Waals surface area (Å²) in [5, 5.41) is 13.0. The van der Waals surface area contributed by atoms with Crippen LogP contribution in [0.25, 0.3) is 22.3 Å². The number of halogens is 1. The minimum atomic E-state index is -0.904. The molecule has 6 heteroatoms. The molecule has 4 rings (SSSR count). The summed E-state index contributed by atoms with van der Waals surface area (Å²) in [5.41, 5.74) is 8.14. The van der Waals surface area contributed by atoms with Gasteiger partial charge >= 0.3 is 5.97 Å². The minimum absolute atomic E-state index is 0.109. The van der Waals surface area contributed by atoms with Crippen molar-refractivity contribution in [3.63, 3.8) is 0 Å². The van der Waals surface area contributed by atoms with Crippen molar-refractivity contribution in [1.29, 1.82) is 0 Å². The average molecular weight is 392 g/mol. The highest BCUT2D eigenvalue weighted by atomic mass is 19.1. The van der Waals surface area contributed by atoms with Crippen molar-refractivity contribution >= 4 is 11.7 Å². The SMILES string of the molecule is COc1cc2c(cn1)-c1c(C)c(-c3ccc(F)cc3)c(CC(=O)O)c(C)c1NC2. The van der Waals surface area contributed by atoms with Crippen LogP contribution in [0, 0.1) is 19.7 Å². The third-order valence-corrected chi connectivity index (χ3v) is 5.49. The predicted octanol–water partition coefficient (Wildman–Crippen LogP) is 4.73. The molecule has 0 bridgehead atoms. The second kappa shape index (κ2) is 7.20. The molecule has 1 aliphatic heterocycles. The van der Waals surface area contributed by atoms with Gasteiger partial charge in [-0.05, 0) is 59.4 Å². The van der Waals surface area contributed by atoms with Gasteiger partial charge in [0, 0.05) is 35.6 Å². The molecule has 1 aromatic heterocycles. The predicted molar refractivity (Wildman–Crippen MR) is 110 cm³/mol. The van der Waals surface area contributed by atoms with Crippen LogP contribution in [0.3, 0.4) is 0 Å². The minimum Gasteiger partial charge on any atom is -0.481 e. The molecule has 2 aromatic carbocycles. The molecule has 0 aliphatic carbocycles. The van der Waals surface area contributed by atoms with E-state index in [-0.39, 0.29) is 12.2 Å². The highest BCUT2D eigenvalue weighted by Gasteiger charge is 2.27. The summed E-state index contributed by atoms with van der Waals surface area (Å²) in [6.07, 6.45) is 1.69. The zero-order valence-corrected chi connectivity index (χ0v) is 16.5. The van der Waals surface area contributed by atoms with Gasteiger partial charge in [-0.15, -0.1) is 0 Å². The third kappa shape index (κ3) is 3.20. The molecule has 0 saturated carbocycles. The number of rotatable bonds is 4.